The fourth-order valence-electron chi connectivity index (χ4n) is 2.25. The molecule has 0 aliphatic carbocycles. The van der Waals surface area contributed by atoms with E-state index >= 15 is 0 Å². The molecule has 0 radical (unpaired) electrons. The van der Waals surface area contributed by atoms with E-state index in [4.69, 9.17) is 0 Å². The van der Waals surface area contributed by atoms with E-state index in [0.717, 1.165) is 12.5 Å². The first-order valence-electron chi connectivity index (χ1n) is 7.83. The third kappa shape index (κ3) is 8.29. The van der Waals surface area contributed by atoms with Crippen LogP contribution in [0, 0.1) is 5.92 Å². The molecule has 0 saturated carbocycles. The topological polar surface area (TPSA) is 39.7 Å². The Labute approximate surface area is 142 Å². The van der Waals surface area contributed by atoms with Crippen LogP contribution in [0.1, 0.15) is 46.5 Å². The molecule has 1 fully saturated rings. The van der Waals surface area contributed by atoms with Gasteiger partial charge in [0.15, 0.2) is 5.96 Å². The predicted molar refractivity (Wildman–Crippen MR) is 99.1 cm³/mol. The monoisotopic (exact) mass is 396 g/mol. The second-order valence-corrected chi connectivity index (χ2v) is 5.93. The van der Waals surface area contributed by atoms with Crippen molar-refractivity contribution in [2.45, 2.75) is 52.5 Å². The van der Waals surface area contributed by atoms with Gasteiger partial charge in [0.05, 0.1) is 0 Å². The Kier molecular flexibility index (Phi) is 11.6. The number of aliphatic imine (C=N–C) groups is 1. The average molecular weight is 396 g/mol. The van der Waals surface area contributed by atoms with Crippen molar-refractivity contribution < 1.29 is 0 Å². The number of rotatable bonds is 7. The molecule has 0 bridgehead atoms. The minimum Gasteiger partial charge on any atom is -0.356 e. The van der Waals surface area contributed by atoms with Crippen molar-refractivity contribution in [1.82, 2.24) is 15.5 Å². The highest BCUT2D eigenvalue weighted by atomic mass is 127. The van der Waals surface area contributed by atoms with E-state index in [0.29, 0.717) is 12.0 Å². The quantitative estimate of drug-likeness (QED) is 0.301. The molecule has 0 aromatic heterocycles. The fourth-order valence-corrected chi connectivity index (χ4v) is 2.25. The average Bonchev–Trinajstić information content (AvgIpc) is 2.89. The van der Waals surface area contributed by atoms with Crippen molar-refractivity contribution in [3.05, 3.63) is 0 Å². The highest BCUT2D eigenvalue weighted by Crippen LogP contribution is 2.07. The highest BCUT2D eigenvalue weighted by molar-refractivity contribution is 14.0. The van der Waals surface area contributed by atoms with Crippen LogP contribution in [0.15, 0.2) is 4.99 Å². The second kappa shape index (κ2) is 11.6. The zero-order valence-corrected chi connectivity index (χ0v) is 15.9. The van der Waals surface area contributed by atoms with Crippen molar-refractivity contribution >= 4 is 29.9 Å². The van der Waals surface area contributed by atoms with Gasteiger partial charge in [-0.25, -0.2) is 0 Å². The number of hydrogen-bond donors (Lipinski definition) is 2. The summed E-state index contributed by atoms with van der Waals surface area (Å²) in [5, 5.41) is 6.83. The van der Waals surface area contributed by atoms with Gasteiger partial charge in [0.1, 0.15) is 0 Å². The van der Waals surface area contributed by atoms with Gasteiger partial charge in [0.2, 0.25) is 0 Å². The molecular formula is C15H33IN4. The molecule has 1 heterocycles. The molecule has 1 aliphatic rings. The summed E-state index contributed by atoms with van der Waals surface area (Å²) in [4.78, 5) is 6.85. The van der Waals surface area contributed by atoms with Crippen molar-refractivity contribution in [2.75, 3.05) is 33.2 Å². The van der Waals surface area contributed by atoms with Gasteiger partial charge in [-0.05, 0) is 58.2 Å². The van der Waals surface area contributed by atoms with E-state index in [9.17, 15) is 0 Å². The normalized spacial score (nSPS) is 17.9. The number of hydrogen-bond acceptors (Lipinski definition) is 2. The molecule has 0 aromatic rings. The van der Waals surface area contributed by atoms with E-state index in [1.807, 2.05) is 7.05 Å². The summed E-state index contributed by atoms with van der Waals surface area (Å²) in [5.74, 6) is 1.55. The van der Waals surface area contributed by atoms with Crippen molar-refractivity contribution in [3.8, 4) is 0 Å². The SMILES string of the molecule is CN=C(NCCCCN1CCCC1)NC(C)C(C)C.I. The molecule has 1 aliphatic heterocycles. The summed E-state index contributed by atoms with van der Waals surface area (Å²) < 4.78 is 0. The third-order valence-electron chi connectivity index (χ3n) is 3.98. The van der Waals surface area contributed by atoms with Gasteiger partial charge >= 0.3 is 0 Å². The van der Waals surface area contributed by atoms with E-state index < -0.39 is 0 Å². The fraction of sp³-hybridized carbons (Fsp3) is 0.933. The molecule has 2 N–H and O–H groups in total. The molecule has 0 aromatic carbocycles. The lowest BCUT2D eigenvalue weighted by molar-refractivity contribution is 0.330. The Morgan fingerprint density at radius 2 is 1.80 bits per heavy atom. The Morgan fingerprint density at radius 1 is 1.15 bits per heavy atom. The number of nitrogens with zero attached hydrogens (tertiary/aromatic N) is 2. The molecule has 5 heteroatoms. The van der Waals surface area contributed by atoms with Gasteiger partial charge in [-0.15, -0.1) is 24.0 Å². The molecular weight excluding hydrogens is 363 g/mol. The molecule has 120 valence electrons. The molecule has 1 unspecified atom stereocenters. The van der Waals surface area contributed by atoms with Crippen LogP contribution in [-0.2, 0) is 0 Å². The number of unbranched alkanes of at least 4 members (excludes halogenated alkanes) is 1. The van der Waals surface area contributed by atoms with Gasteiger partial charge < -0.3 is 15.5 Å². The summed E-state index contributed by atoms with van der Waals surface area (Å²) in [6.45, 7) is 11.5. The van der Waals surface area contributed by atoms with Gasteiger partial charge in [-0.3, -0.25) is 4.99 Å². The summed E-state index contributed by atoms with van der Waals surface area (Å²) in [6.07, 6.45) is 5.28. The summed E-state index contributed by atoms with van der Waals surface area (Å²) in [6, 6.07) is 0.454. The molecule has 1 saturated heterocycles. The van der Waals surface area contributed by atoms with Crippen LogP contribution in [0.25, 0.3) is 0 Å². The lowest BCUT2D eigenvalue weighted by atomic mass is 10.1. The van der Waals surface area contributed by atoms with Crippen LogP contribution in [-0.4, -0.2) is 50.1 Å². The number of halogens is 1. The molecule has 20 heavy (non-hydrogen) atoms. The Bertz CT molecular complexity index is 263. The van der Waals surface area contributed by atoms with E-state index in [2.05, 4.69) is 41.3 Å². The van der Waals surface area contributed by atoms with Crippen molar-refractivity contribution in [2.24, 2.45) is 10.9 Å². The summed E-state index contributed by atoms with van der Waals surface area (Å²) in [7, 11) is 1.84. The highest BCUT2D eigenvalue weighted by Gasteiger charge is 2.10. The lowest BCUT2D eigenvalue weighted by Crippen LogP contribution is -2.44. The molecule has 0 amide bonds. The van der Waals surface area contributed by atoms with E-state index in [1.54, 1.807) is 0 Å². The molecule has 1 rings (SSSR count). The molecule has 4 nitrogen and oxygen atoms in total. The summed E-state index contributed by atoms with van der Waals surface area (Å²) in [5.41, 5.74) is 0. The van der Waals surface area contributed by atoms with Crippen LogP contribution in [0.2, 0.25) is 0 Å². The van der Waals surface area contributed by atoms with Crippen LogP contribution in [0.5, 0.6) is 0 Å². The second-order valence-electron chi connectivity index (χ2n) is 5.93. The minimum atomic E-state index is 0. The number of likely N-dealkylation sites (tertiary alicyclic amines) is 1. The standard InChI is InChI=1S/C15H32N4.HI/c1-13(2)14(3)18-15(16-4)17-9-5-6-10-19-11-7-8-12-19;/h13-14H,5-12H2,1-4H3,(H2,16,17,18);1H. The first kappa shape index (κ1) is 20.0. The summed E-state index contributed by atoms with van der Waals surface area (Å²) >= 11 is 0. The van der Waals surface area contributed by atoms with E-state index in [-0.39, 0.29) is 24.0 Å². The Balaban J connectivity index is 0.00000361. The number of nitrogens with one attached hydrogen (secondary N) is 2. The maximum atomic E-state index is 4.27. The van der Waals surface area contributed by atoms with Crippen LogP contribution < -0.4 is 10.6 Å². The smallest absolute Gasteiger partial charge is 0.191 e. The third-order valence-corrected chi connectivity index (χ3v) is 3.98. The van der Waals surface area contributed by atoms with Crippen LogP contribution >= 0.6 is 24.0 Å². The Morgan fingerprint density at radius 3 is 2.35 bits per heavy atom. The first-order chi connectivity index (χ1) is 9.13. The maximum Gasteiger partial charge on any atom is 0.191 e. The van der Waals surface area contributed by atoms with Crippen LogP contribution in [0.4, 0.5) is 0 Å². The van der Waals surface area contributed by atoms with Crippen LogP contribution in [0.3, 0.4) is 0 Å². The van der Waals surface area contributed by atoms with Gasteiger partial charge in [0, 0.05) is 19.6 Å². The predicted octanol–water partition coefficient (Wildman–Crippen LogP) is 2.69. The zero-order valence-electron chi connectivity index (χ0n) is 13.6. The lowest BCUT2D eigenvalue weighted by Gasteiger charge is -2.21. The number of guanidine groups is 1. The van der Waals surface area contributed by atoms with Crippen molar-refractivity contribution in [3.63, 3.8) is 0 Å². The van der Waals surface area contributed by atoms with Gasteiger partial charge in [-0.1, -0.05) is 13.8 Å². The van der Waals surface area contributed by atoms with E-state index in [1.165, 1.54) is 45.3 Å². The zero-order chi connectivity index (χ0) is 14.1. The molecule has 1 atom stereocenters. The minimum absolute atomic E-state index is 0. The van der Waals surface area contributed by atoms with Crippen molar-refractivity contribution in [1.29, 1.82) is 0 Å². The maximum absolute atomic E-state index is 4.27. The van der Waals surface area contributed by atoms with Gasteiger partial charge in [-0.2, -0.15) is 0 Å². The Hall–Kier alpha value is -0.0400. The largest absolute Gasteiger partial charge is 0.356 e. The van der Waals surface area contributed by atoms with Gasteiger partial charge in [0.25, 0.3) is 0 Å². The first-order valence-corrected chi connectivity index (χ1v) is 7.83. The molecule has 0 spiro atoms.